The maximum atomic E-state index is 13.3. The first-order valence-electron chi connectivity index (χ1n) is 8.87. The quantitative estimate of drug-likeness (QED) is 0.869. The lowest BCUT2D eigenvalue weighted by molar-refractivity contribution is -0.121. The van der Waals surface area contributed by atoms with Gasteiger partial charge in [0.15, 0.2) is 0 Å². The molecular formula is C20H24FN3O. The first-order chi connectivity index (χ1) is 12.1. The predicted octanol–water partition coefficient (Wildman–Crippen LogP) is 3.78. The van der Waals surface area contributed by atoms with E-state index in [0.717, 1.165) is 18.4 Å². The van der Waals surface area contributed by atoms with Gasteiger partial charge in [-0.05, 0) is 48.6 Å². The summed E-state index contributed by atoms with van der Waals surface area (Å²) in [6.07, 6.45) is 7.54. The average Bonchev–Trinajstić information content (AvgIpc) is 2.63. The summed E-state index contributed by atoms with van der Waals surface area (Å²) in [5.74, 6) is 0.0586. The van der Waals surface area contributed by atoms with E-state index < -0.39 is 0 Å². The van der Waals surface area contributed by atoms with E-state index in [1.165, 1.54) is 31.4 Å². The van der Waals surface area contributed by atoms with Gasteiger partial charge in [0.05, 0.1) is 24.3 Å². The fraction of sp³-hybridized carbons (Fsp3) is 0.400. The number of rotatable bonds is 5. The van der Waals surface area contributed by atoms with Gasteiger partial charge in [0.1, 0.15) is 5.82 Å². The molecule has 1 atom stereocenters. The van der Waals surface area contributed by atoms with Gasteiger partial charge in [0, 0.05) is 5.69 Å². The monoisotopic (exact) mass is 341 g/mol. The van der Waals surface area contributed by atoms with E-state index in [4.69, 9.17) is 5.73 Å². The third kappa shape index (κ3) is 4.78. The molecule has 0 radical (unpaired) electrons. The highest BCUT2D eigenvalue weighted by Crippen LogP contribution is 2.34. The summed E-state index contributed by atoms with van der Waals surface area (Å²) in [4.78, 5) is 16.7. The molecular weight excluding hydrogens is 317 g/mol. The predicted molar refractivity (Wildman–Crippen MR) is 96.2 cm³/mol. The van der Waals surface area contributed by atoms with Crippen molar-refractivity contribution < 1.29 is 9.18 Å². The second kappa shape index (κ2) is 8.10. The normalized spacial score (nSPS) is 16.4. The lowest BCUT2D eigenvalue weighted by Gasteiger charge is -2.31. The molecule has 1 aromatic carbocycles. The van der Waals surface area contributed by atoms with Crippen molar-refractivity contribution in [2.75, 3.05) is 5.73 Å². The molecule has 3 N–H and O–H groups in total. The number of nitrogen functional groups attached to an aromatic ring is 1. The summed E-state index contributed by atoms with van der Waals surface area (Å²) < 4.78 is 13.3. The summed E-state index contributed by atoms with van der Waals surface area (Å²) in [7, 11) is 0. The van der Waals surface area contributed by atoms with Crippen molar-refractivity contribution in [2.45, 2.75) is 44.6 Å². The van der Waals surface area contributed by atoms with Crippen LogP contribution in [0.2, 0.25) is 0 Å². The molecule has 0 spiro atoms. The number of aromatic nitrogens is 1. The molecule has 1 aromatic heterocycles. The van der Waals surface area contributed by atoms with Crippen LogP contribution in [0.4, 0.5) is 10.1 Å². The molecule has 3 rings (SSSR count). The van der Waals surface area contributed by atoms with Crippen LogP contribution in [0.3, 0.4) is 0 Å². The van der Waals surface area contributed by atoms with Gasteiger partial charge in [0.25, 0.3) is 0 Å². The summed E-state index contributed by atoms with van der Waals surface area (Å²) in [5, 5.41) is 3.15. The van der Waals surface area contributed by atoms with Gasteiger partial charge in [-0.25, -0.2) is 4.39 Å². The van der Waals surface area contributed by atoms with Crippen molar-refractivity contribution >= 4 is 11.6 Å². The van der Waals surface area contributed by atoms with Crippen molar-refractivity contribution in [1.29, 1.82) is 0 Å². The second-order valence-corrected chi connectivity index (χ2v) is 6.75. The van der Waals surface area contributed by atoms with Crippen molar-refractivity contribution in [3.63, 3.8) is 0 Å². The Bertz CT molecular complexity index is 694. The molecule has 0 saturated heterocycles. The molecule has 0 aliphatic heterocycles. The van der Waals surface area contributed by atoms with Crippen molar-refractivity contribution in [1.82, 2.24) is 10.3 Å². The molecule has 1 unspecified atom stereocenters. The van der Waals surface area contributed by atoms with Crippen LogP contribution in [0.25, 0.3) is 0 Å². The Labute approximate surface area is 147 Å². The molecule has 1 aliphatic carbocycles. The van der Waals surface area contributed by atoms with Gasteiger partial charge in [-0.15, -0.1) is 0 Å². The zero-order valence-corrected chi connectivity index (χ0v) is 14.2. The molecule has 4 nitrogen and oxygen atoms in total. The fourth-order valence-electron chi connectivity index (χ4n) is 3.54. The average molecular weight is 341 g/mol. The van der Waals surface area contributed by atoms with Crippen LogP contribution >= 0.6 is 0 Å². The Morgan fingerprint density at radius 3 is 2.52 bits per heavy atom. The Balaban J connectivity index is 1.73. The van der Waals surface area contributed by atoms with E-state index >= 15 is 0 Å². The third-order valence-electron chi connectivity index (χ3n) is 4.86. The summed E-state index contributed by atoms with van der Waals surface area (Å²) in [6, 6.07) is 9.89. The first-order valence-corrected chi connectivity index (χ1v) is 8.87. The number of nitrogens with one attached hydrogen (secondary N) is 1. The number of benzene rings is 1. The molecule has 1 amide bonds. The number of amides is 1. The number of carbonyl (C=O) groups is 1. The van der Waals surface area contributed by atoms with Crippen LogP contribution in [-0.4, -0.2) is 10.9 Å². The van der Waals surface area contributed by atoms with Crippen LogP contribution in [-0.2, 0) is 11.2 Å². The highest BCUT2D eigenvalue weighted by Gasteiger charge is 2.26. The van der Waals surface area contributed by atoms with Gasteiger partial charge in [-0.2, -0.15) is 0 Å². The number of nitrogens with two attached hydrogens (primary N) is 1. The van der Waals surface area contributed by atoms with Crippen LogP contribution in [0, 0.1) is 11.7 Å². The van der Waals surface area contributed by atoms with Crippen LogP contribution in [0.1, 0.15) is 49.4 Å². The smallest absolute Gasteiger partial charge is 0.226 e. The Kier molecular flexibility index (Phi) is 5.64. The van der Waals surface area contributed by atoms with Gasteiger partial charge in [-0.1, -0.05) is 31.4 Å². The number of pyridine rings is 1. The molecule has 132 valence electrons. The second-order valence-electron chi connectivity index (χ2n) is 6.75. The van der Waals surface area contributed by atoms with E-state index in [1.807, 2.05) is 0 Å². The van der Waals surface area contributed by atoms with Crippen molar-refractivity contribution in [2.24, 2.45) is 5.92 Å². The zero-order valence-electron chi connectivity index (χ0n) is 14.2. The van der Waals surface area contributed by atoms with E-state index in [0.29, 0.717) is 17.3 Å². The molecule has 1 saturated carbocycles. The summed E-state index contributed by atoms with van der Waals surface area (Å²) >= 11 is 0. The lowest BCUT2D eigenvalue weighted by atomic mass is 9.81. The molecule has 1 heterocycles. The highest BCUT2D eigenvalue weighted by atomic mass is 19.1. The van der Waals surface area contributed by atoms with Crippen LogP contribution in [0.15, 0.2) is 42.6 Å². The van der Waals surface area contributed by atoms with Crippen LogP contribution in [0.5, 0.6) is 0 Å². The number of anilines is 1. The summed E-state index contributed by atoms with van der Waals surface area (Å²) in [5.41, 5.74) is 7.86. The van der Waals surface area contributed by atoms with Crippen molar-refractivity contribution in [3.05, 3.63) is 59.7 Å². The molecule has 5 heteroatoms. The Hall–Kier alpha value is -2.43. The zero-order chi connectivity index (χ0) is 17.6. The molecule has 0 bridgehead atoms. The van der Waals surface area contributed by atoms with E-state index in [2.05, 4.69) is 10.3 Å². The minimum absolute atomic E-state index is 0.0721. The standard InChI is InChI=1S/C20H24FN3O/c21-16-8-6-15(7-9-16)20(14-4-2-1-3-5-14)24-19(25)12-18-11-10-17(22)13-23-18/h6-11,13-14,20H,1-5,12,22H2,(H,24,25). The summed E-state index contributed by atoms with van der Waals surface area (Å²) in [6.45, 7) is 0. The van der Waals surface area contributed by atoms with E-state index in [9.17, 15) is 9.18 Å². The van der Waals surface area contributed by atoms with Gasteiger partial charge in [0.2, 0.25) is 5.91 Å². The number of carbonyl (C=O) groups excluding carboxylic acids is 1. The minimum atomic E-state index is -0.261. The van der Waals surface area contributed by atoms with E-state index in [1.54, 1.807) is 30.5 Å². The Morgan fingerprint density at radius 1 is 1.16 bits per heavy atom. The van der Waals surface area contributed by atoms with Crippen LogP contribution < -0.4 is 11.1 Å². The van der Waals surface area contributed by atoms with Gasteiger partial charge in [-0.3, -0.25) is 9.78 Å². The minimum Gasteiger partial charge on any atom is -0.397 e. The molecule has 1 aliphatic rings. The SMILES string of the molecule is Nc1ccc(CC(=O)NC(c2ccc(F)cc2)C2CCCCC2)nc1. The van der Waals surface area contributed by atoms with Gasteiger partial charge < -0.3 is 11.1 Å². The first kappa shape index (κ1) is 17.4. The molecule has 1 fully saturated rings. The lowest BCUT2D eigenvalue weighted by Crippen LogP contribution is -2.35. The van der Waals surface area contributed by atoms with E-state index in [-0.39, 0.29) is 24.2 Å². The maximum Gasteiger partial charge on any atom is 0.226 e. The third-order valence-corrected chi connectivity index (χ3v) is 4.86. The fourth-order valence-corrected chi connectivity index (χ4v) is 3.54. The van der Waals surface area contributed by atoms with Gasteiger partial charge >= 0.3 is 0 Å². The Morgan fingerprint density at radius 2 is 1.88 bits per heavy atom. The number of hydrogen-bond acceptors (Lipinski definition) is 3. The largest absolute Gasteiger partial charge is 0.397 e. The number of hydrogen-bond donors (Lipinski definition) is 2. The maximum absolute atomic E-state index is 13.3. The number of nitrogens with zero attached hydrogens (tertiary/aromatic N) is 1. The highest BCUT2D eigenvalue weighted by molar-refractivity contribution is 5.78. The molecule has 2 aromatic rings. The van der Waals surface area contributed by atoms with Crippen molar-refractivity contribution in [3.8, 4) is 0 Å². The number of halogens is 1. The topological polar surface area (TPSA) is 68.0 Å². The molecule has 25 heavy (non-hydrogen) atoms.